The van der Waals surface area contributed by atoms with Gasteiger partial charge in [0.25, 0.3) is 0 Å². The van der Waals surface area contributed by atoms with Gasteiger partial charge in [-0.25, -0.2) is 9.78 Å². The number of nitrogens with zero attached hydrogens (tertiary/aromatic N) is 4. The largest absolute Gasteiger partial charge is 0.479 e. The Kier molecular flexibility index (Phi) is 8.28. The number of carbonyl (C=O) groups excluding carboxylic acids is 1. The minimum Gasteiger partial charge on any atom is -0.479 e. The van der Waals surface area contributed by atoms with Crippen LogP contribution < -0.4 is 10.5 Å². The molecule has 4 atom stereocenters. The van der Waals surface area contributed by atoms with Gasteiger partial charge in [0.05, 0.1) is 36.8 Å². The number of hydrogen-bond acceptors (Lipinski definition) is 10. The van der Waals surface area contributed by atoms with Crippen molar-refractivity contribution in [3.8, 4) is 5.88 Å². The minimum absolute atomic E-state index is 0.0256. The Morgan fingerprint density at radius 2 is 1.77 bits per heavy atom. The lowest BCUT2D eigenvalue weighted by Crippen LogP contribution is -2.56. The molecule has 1 aromatic carbocycles. The van der Waals surface area contributed by atoms with Crippen LogP contribution in [0.5, 0.6) is 5.88 Å². The molecule has 4 rings (SSSR count). The highest BCUT2D eigenvalue weighted by Gasteiger charge is 2.62. The normalized spacial score (nSPS) is 23.6. The van der Waals surface area contributed by atoms with Crippen LogP contribution in [0.4, 0.5) is 5.95 Å². The second-order valence-electron chi connectivity index (χ2n) is 12.3. The molecule has 11 nitrogen and oxygen atoms in total. The molecule has 3 heterocycles. The van der Waals surface area contributed by atoms with Gasteiger partial charge in [-0.05, 0) is 53.7 Å². The highest BCUT2D eigenvalue weighted by Crippen LogP contribution is 2.45. The summed E-state index contributed by atoms with van der Waals surface area (Å²) >= 11 is 0. The quantitative estimate of drug-likeness (QED) is 0.315. The van der Waals surface area contributed by atoms with Crippen molar-refractivity contribution in [3.05, 3.63) is 42.2 Å². The van der Waals surface area contributed by atoms with Crippen LogP contribution in [0.3, 0.4) is 0 Å². The molecule has 12 heteroatoms. The van der Waals surface area contributed by atoms with E-state index in [1.165, 1.54) is 7.11 Å². The van der Waals surface area contributed by atoms with Crippen molar-refractivity contribution in [2.45, 2.75) is 89.5 Å². The number of methoxy groups -OCH3 is 1. The van der Waals surface area contributed by atoms with Crippen LogP contribution in [-0.4, -0.2) is 77.5 Å². The smallest absolute Gasteiger partial charge is 0.338 e. The van der Waals surface area contributed by atoms with E-state index in [-0.39, 0.29) is 18.4 Å². The van der Waals surface area contributed by atoms with E-state index in [1.54, 1.807) is 30.6 Å². The lowest BCUT2D eigenvalue weighted by Gasteiger charge is -2.39. The van der Waals surface area contributed by atoms with Crippen molar-refractivity contribution in [1.29, 1.82) is 0 Å². The summed E-state index contributed by atoms with van der Waals surface area (Å²) in [6.07, 6.45) is -0.470. The summed E-state index contributed by atoms with van der Waals surface area (Å²) in [5.41, 5.74) is 6.33. The molecule has 2 N–H and O–H groups in total. The highest BCUT2D eigenvalue weighted by atomic mass is 28.3. The Labute approximate surface area is 236 Å². The van der Waals surface area contributed by atoms with Crippen molar-refractivity contribution >= 4 is 31.9 Å². The average Bonchev–Trinajstić information content (AvgIpc) is 3.41. The van der Waals surface area contributed by atoms with Crippen LogP contribution >= 0.6 is 0 Å². The van der Waals surface area contributed by atoms with E-state index < -0.39 is 49.6 Å². The summed E-state index contributed by atoms with van der Waals surface area (Å²) < 4.78 is 33.5. The lowest BCUT2D eigenvalue weighted by atomic mass is 10.1. The molecule has 1 aliphatic heterocycles. The zero-order valence-corrected chi connectivity index (χ0v) is 26.0. The molecule has 2 aromatic heterocycles. The fourth-order valence-electron chi connectivity index (χ4n) is 4.95. The Bertz CT molecular complexity index is 1340. The van der Waals surface area contributed by atoms with Crippen LogP contribution in [0.1, 0.15) is 51.9 Å². The van der Waals surface area contributed by atoms with E-state index in [0.717, 1.165) is 0 Å². The molecule has 40 heavy (non-hydrogen) atoms. The third-order valence-corrected chi connectivity index (χ3v) is 9.00. The number of carbonyl (C=O) groups is 1. The van der Waals surface area contributed by atoms with E-state index in [1.807, 2.05) is 52.2 Å². The standard InChI is InChI=1S/C28H41N5O6Si/c1-26(2,3)36-15-18-20(39-27(4,5)6)21(37-24(34)17-13-11-10-12-14-17)28(38-18,40(8)9)33-16-30-19-22(33)31-25(29)32-23(19)35-7/h10-14,16,18,20-21,40H,15H2,1-9H3,(H2,29,31,32)/t18-,20-,21+,28-/m1/s1. The number of benzene rings is 1. The predicted molar refractivity (Wildman–Crippen MR) is 154 cm³/mol. The molecular formula is C28H41N5O6Si. The van der Waals surface area contributed by atoms with Gasteiger partial charge < -0.3 is 29.4 Å². The summed E-state index contributed by atoms with van der Waals surface area (Å²) in [7, 11) is -0.479. The van der Waals surface area contributed by atoms with E-state index in [4.69, 9.17) is 29.4 Å². The number of rotatable bonds is 8. The van der Waals surface area contributed by atoms with Gasteiger partial charge in [-0.3, -0.25) is 4.57 Å². The number of nitrogens with two attached hydrogens (primary N) is 1. The maximum atomic E-state index is 13.6. The second-order valence-corrected chi connectivity index (χ2v) is 15.4. The van der Waals surface area contributed by atoms with Crippen molar-refractivity contribution in [3.63, 3.8) is 0 Å². The molecule has 1 aliphatic rings. The van der Waals surface area contributed by atoms with Crippen LogP contribution in [0.2, 0.25) is 13.1 Å². The highest BCUT2D eigenvalue weighted by molar-refractivity contribution is 6.58. The first kappa shape index (κ1) is 29.9. The molecule has 218 valence electrons. The number of hydrogen-bond donors (Lipinski definition) is 1. The topological polar surface area (TPSA) is 133 Å². The first-order chi connectivity index (χ1) is 18.7. The lowest BCUT2D eigenvalue weighted by molar-refractivity contribution is -0.141. The molecule has 0 amide bonds. The van der Waals surface area contributed by atoms with E-state index in [9.17, 15) is 4.79 Å². The van der Waals surface area contributed by atoms with Gasteiger partial charge in [-0.15, -0.1) is 0 Å². The third-order valence-electron chi connectivity index (χ3n) is 6.60. The van der Waals surface area contributed by atoms with E-state index in [0.29, 0.717) is 16.7 Å². The third kappa shape index (κ3) is 5.99. The Morgan fingerprint density at radius 1 is 1.10 bits per heavy atom. The number of esters is 1. The van der Waals surface area contributed by atoms with Crippen molar-refractivity contribution in [1.82, 2.24) is 19.5 Å². The van der Waals surface area contributed by atoms with Gasteiger partial charge in [-0.1, -0.05) is 31.3 Å². The zero-order chi connectivity index (χ0) is 29.5. The fourth-order valence-corrected chi connectivity index (χ4v) is 7.05. The summed E-state index contributed by atoms with van der Waals surface area (Å²) in [6, 6.07) is 8.88. The van der Waals surface area contributed by atoms with Crippen molar-refractivity contribution in [2.24, 2.45) is 0 Å². The van der Waals surface area contributed by atoms with Crippen LogP contribution in [0.15, 0.2) is 36.7 Å². The molecule has 0 saturated carbocycles. The van der Waals surface area contributed by atoms with Gasteiger partial charge >= 0.3 is 5.97 Å². The monoisotopic (exact) mass is 571 g/mol. The number of imidazole rings is 1. The summed E-state index contributed by atoms with van der Waals surface area (Å²) in [5.74, 6) is -0.213. The fraction of sp³-hybridized carbons (Fsp3) is 0.571. The summed E-state index contributed by atoms with van der Waals surface area (Å²) in [6.45, 7) is 16.3. The SMILES string of the molecule is COc1nc(N)nc2c1ncn2[C@@]1([SiH](C)C)O[C@H](COC(C)(C)C)[C@@H](OC(C)(C)C)[C@@H]1OC(=O)c1ccccc1. The summed E-state index contributed by atoms with van der Waals surface area (Å²) in [5, 5.41) is -1.16. The molecule has 1 fully saturated rings. The Hall–Kier alpha value is -3.06. The molecule has 0 bridgehead atoms. The van der Waals surface area contributed by atoms with Crippen molar-refractivity contribution in [2.75, 3.05) is 19.5 Å². The van der Waals surface area contributed by atoms with E-state index in [2.05, 4.69) is 28.0 Å². The van der Waals surface area contributed by atoms with Gasteiger partial charge in [0, 0.05) is 0 Å². The second kappa shape index (κ2) is 11.1. The number of anilines is 1. The number of nitrogen functional groups attached to an aromatic ring is 1. The van der Waals surface area contributed by atoms with E-state index >= 15 is 0 Å². The predicted octanol–water partition coefficient (Wildman–Crippen LogP) is 3.72. The molecule has 0 spiro atoms. The molecule has 0 unspecified atom stereocenters. The summed E-state index contributed by atoms with van der Waals surface area (Å²) in [4.78, 5) is 26.9. The average molecular weight is 572 g/mol. The first-order valence-electron chi connectivity index (χ1n) is 13.5. The van der Waals surface area contributed by atoms with Crippen LogP contribution in [0.25, 0.3) is 11.2 Å². The maximum Gasteiger partial charge on any atom is 0.338 e. The zero-order valence-electron chi connectivity index (χ0n) is 24.8. The van der Waals surface area contributed by atoms with Crippen molar-refractivity contribution < 1.29 is 28.5 Å². The molecule has 0 radical (unpaired) electrons. The Morgan fingerprint density at radius 3 is 2.35 bits per heavy atom. The van der Waals surface area contributed by atoms with Gasteiger partial charge in [0.2, 0.25) is 11.8 Å². The first-order valence-corrected chi connectivity index (χ1v) is 16.4. The molecular weight excluding hydrogens is 530 g/mol. The van der Waals surface area contributed by atoms with Crippen LogP contribution in [-0.2, 0) is 24.3 Å². The maximum absolute atomic E-state index is 13.6. The van der Waals surface area contributed by atoms with Gasteiger partial charge in [-0.2, -0.15) is 9.97 Å². The van der Waals surface area contributed by atoms with Gasteiger partial charge in [0.1, 0.15) is 21.0 Å². The van der Waals surface area contributed by atoms with Gasteiger partial charge in [0.15, 0.2) is 22.6 Å². The Balaban J connectivity index is 1.93. The number of aromatic nitrogens is 4. The van der Waals surface area contributed by atoms with Crippen LogP contribution in [0, 0.1) is 0 Å². The minimum atomic E-state index is -1.98. The number of ether oxygens (including phenoxy) is 5. The number of fused-ring (bicyclic) bond motifs is 1. The molecule has 0 aliphatic carbocycles. The molecule has 3 aromatic rings. The molecule has 1 saturated heterocycles.